The normalized spacial score (nSPS) is 17.4. The Balaban J connectivity index is 1.47. The summed E-state index contributed by atoms with van der Waals surface area (Å²) in [6.45, 7) is 0.814. The van der Waals surface area contributed by atoms with Gasteiger partial charge in [0, 0.05) is 20.0 Å². The van der Waals surface area contributed by atoms with Crippen molar-refractivity contribution in [2.24, 2.45) is 5.92 Å². The summed E-state index contributed by atoms with van der Waals surface area (Å²) < 4.78 is 6.33. The van der Waals surface area contributed by atoms with E-state index in [1.165, 1.54) is 11.3 Å². The topological polar surface area (TPSA) is 66.7 Å². The Morgan fingerprint density at radius 3 is 2.96 bits per heavy atom. The van der Waals surface area contributed by atoms with E-state index in [0.717, 1.165) is 16.0 Å². The van der Waals surface area contributed by atoms with Crippen LogP contribution in [0.3, 0.4) is 0 Å². The molecule has 4 rings (SSSR count). The number of hydrogen-bond acceptors (Lipinski definition) is 5. The van der Waals surface area contributed by atoms with Crippen LogP contribution in [0.5, 0.6) is 0 Å². The number of benzene rings is 1. The van der Waals surface area contributed by atoms with Gasteiger partial charge in [0.05, 0.1) is 28.9 Å². The van der Waals surface area contributed by atoms with Crippen LogP contribution in [0.25, 0.3) is 10.2 Å². The molecule has 1 atom stereocenters. The highest BCUT2D eigenvalue weighted by Gasteiger charge is 2.36. The zero-order valence-corrected chi connectivity index (χ0v) is 14.5. The van der Waals surface area contributed by atoms with Crippen LogP contribution in [0.2, 0.25) is 0 Å². The molecule has 2 aromatic heterocycles. The largest absolute Gasteiger partial charge is 0.467 e. The number of hydrogen-bond donors (Lipinski definition) is 0. The summed E-state index contributed by atoms with van der Waals surface area (Å²) >= 11 is 1.48. The van der Waals surface area contributed by atoms with Crippen LogP contribution in [0.4, 0.5) is 5.13 Å². The number of fused-ring (bicyclic) bond motifs is 1. The molecule has 0 spiro atoms. The van der Waals surface area contributed by atoms with E-state index in [1.807, 2.05) is 30.3 Å². The van der Waals surface area contributed by atoms with Gasteiger partial charge < -0.3 is 9.32 Å². The first-order valence-electron chi connectivity index (χ1n) is 8.05. The maximum absolute atomic E-state index is 12.8. The Morgan fingerprint density at radius 1 is 1.36 bits per heavy atom. The second-order valence-corrected chi connectivity index (χ2v) is 7.13. The van der Waals surface area contributed by atoms with Gasteiger partial charge in [-0.15, -0.1) is 0 Å². The number of nitrogens with zero attached hydrogens (tertiary/aromatic N) is 3. The number of anilines is 1. The van der Waals surface area contributed by atoms with E-state index in [4.69, 9.17) is 4.42 Å². The molecule has 1 aromatic carbocycles. The lowest BCUT2D eigenvalue weighted by molar-refractivity contribution is -0.129. The molecular weight excluding hydrogens is 338 g/mol. The predicted octanol–water partition coefficient (Wildman–Crippen LogP) is 2.90. The zero-order chi connectivity index (χ0) is 17.4. The SMILES string of the molecule is CN(C(=O)C1CC(=O)N(Cc2ccco2)C1)c1nc2ccccc2s1. The standard InChI is InChI=1S/C18H17N3O3S/c1-20(18-19-14-6-2-3-7-15(14)25-18)17(23)12-9-16(22)21(10-12)11-13-5-4-8-24-13/h2-8,12H,9-11H2,1H3. The van der Waals surface area contributed by atoms with Crippen LogP contribution in [0.1, 0.15) is 12.2 Å². The van der Waals surface area contributed by atoms with Crippen LogP contribution in [-0.2, 0) is 16.1 Å². The van der Waals surface area contributed by atoms with E-state index in [-0.39, 0.29) is 24.2 Å². The summed E-state index contributed by atoms with van der Waals surface area (Å²) in [5.41, 5.74) is 0.879. The van der Waals surface area contributed by atoms with E-state index in [2.05, 4.69) is 4.98 Å². The number of carbonyl (C=O) groups excluding carboxylic acids is 2. The van der Waals surface area contributed by atoms with Gasteiger partial charge in [0.15, 0.2) is 5.13 Å². The lowest BCUT2D eigenvalue weighted by Crippen LogP contribution is -2.34. The number of aromatic nitrogens is 1. The lowest BCUT2D eigenvalue weighted by Gasteiger charge is -2.19. The number of likely N-dealkylation sites (tertiary alicyclic amines) is 1. The molecule has 0 aliphatic carbocycles. The molecule has 6 nitrogen and oxygen atoms in total. The van der Waals surface area contributed by atoms with E-state index in [0.29, 0.717) is 18.2 Å². The van der Waals surface area contributed by atoms with Crippen LogP contribution in [0, 0.1) is 5.92 Å². The average molecular weight is 355 g/mol. The van der Waals surface area contributed by atoms with Crippen molar-refractivity contribution < 1.29 is 14.0 Å². The molecule has 7 heteroatoms. The number of rotatable bonds is 4. The summed E-state index contributed by atoms with van der Waals surface area (Å²) in [6.07, 6.45) is 1.81. The summed E-state index contributed by atoms with van der Waals surface area (Å²) in [5, 5.41) is 0.656. The molecule has 1 aliphatic heterocycles. The second-order valence-electron chi connectivity index (χ2n) is 6.12. The van der Waals surface area contributed by atoms with Gasteiger partial charge in [-0.05, 0) is 24.3 Å². The van der Waals surface area contributed by atoms with Gasteiger partial charge in [0.25, 0.3) is 0 Å². The van der Waals surface area contributed by atoms with Gasteiger partial charge in [-0.1, -0.05) is 23.5 Å². The average Bonchev–Trinajstić information content (AvgIpc) is 3.34. The van der Waals surface area contributed by atoms with Gasteiger partial charge in [-0.3, -0.25) is 14.5 Å². The first-order valence-corrected chi connectivity index (χ1v) is 8.87. The fraction of sp³-hybridized carbons (Fsp3) is 0.278. The Labute approximate surface area is 148 Å². The van der Waals surface area contributed by atoms with Gasteiger partial charge in [0.2, 0.25) is 11.8 Å². The molecule has 0 radical (unpaired) electrons. The maximum atomic E-state index is 12.8. The molecule has 1 aliphatic rings. The molecule has 1 fully saturated rings. The third-order valence-corrected chi connectivity index (χ3v) is 5.50. The molecule has 1 unspecified atom stereocenters. The Morgan fingerprint density at radius 2 is 2.20 bits per heavy atom. The quantitative estimate of drug-likeness (QED) is 0.722. The van der Waals surface area contributed by atoms with Crippen molar-refractivity contribution in [2.45, 2.75) is 13.0 Å². The minimum Gasteiger partial charge on any atom is -0.467 e. The van der Waals surface area contributed by atoms with Crippen LogP contribution in [-0.4, -0.2) is 35.3 Å². The predicted molar refractivity (Wildman–Crippen MR) is 95.3 cm³/mol. The van der Waals surface area contributed by atoms with Gasteiger partial charge >= 0.3 is 0 Å². The smallest absolute Gasteiger partial charge is 0.233 e. The van der Waals surface area contributed by atoms with Crippen molar-refractivity contribution in [1.29, 1.82) is 0 Å². The molecule has 3 aromatic rings. The van der Waals surface area contributed by atoms with Crippen LogP contribution >= 0.6 is 11.3 Å². The van der Waals surface area contributed by atoms with Gasteiger partial charge in [0.1, 0.15) is 5.76 Å². The number of carbonyl (C=O) groups is 2. The Bertz CT molecular complexity index is 886. The lowest BCUT2D eigenvalue weighted by atomic mass is 10.1. The maximum Gasteiger partial charge on any atom is 0.233 e. The summed E-state index contributed by atoms with van der Waals surface area (Å²) in [5.74, 6) is 0.280. The third kappa shape index (κ3) is 3.02. The van der Waals surface area contributed by atoms with Gasteiger partial charge in [-0.25, -0.2) is 4.98 Å². The van der Waals surface area contributed by atoms with Crippen molar-refractivity contribution in [3.8, 4) is 0 Å². The Kier molecular flexibility index (Phi) is 4.01. The fourth-order valence-electron chi connectivity index (χ4n) is 3.05. The molecule has 25 heavy (non-hydrogen) atoms. The molecule has 1 saturated heterocycles. The summed E-state index contributed by atoms with van der Waals surface area (Å²) in [6, 6.07) is 11.4. The van der Waals surface area contributed by atoms with E-state index in [1.54, 1.807) is 29.2 Å². The Hall–Kier alpha value is -2.67. The zero-order valence-electron chi connectivity index (χ0n) is 13.7. The van der Waals surface area contributed by atoms with Crippen molar-refractivity contribution in [3.63, 3.8) is 0 Å². The monoisotopic (exact) mass is 355 g/mol. The van der Waals surface area contributed by atoms with Crippen molar-refractivity contribution in [1.82, 2.24) is 9.88 Å². The molecule has 3 heterocycles. The van der Waals surface area contributed by atoms with E-state index < -0.39 is 0 Å². The van der Waals surface area contributed by atoms with Crippen molar-refractivity contribution >= 4 is 38.5 Å². The van der Waals surface area contributed by atoms with E-state index in [9.17, 15) is 9.59 Å². The number of amides is 2. The first-order chi connectivity index (χ1) is 12.1. The minimum absolute atomic E-state index is 0.0209. The number of thiazole rings is 1. The molecule has 2 amide bonds. The first kappa shape index (κ1) is 15.8. The van der Waals surface area contributed by atoms with Gasteiger partial charge in [-0.2, -0.15) is 0 Å². The number of furan rings is 1. The van der Waals surface area contributed by atoms with Crippen molar-refractivity contribution in [3.05, 3.63) is 48.4 Å². The molecular formula is C18H17N3O3S. The molecule has 128 valence electrons. The highest BCUT2D eigenvalue weighted by atomic mass is 32.1. The molecule has 0 N–H and O–H groups in total. The summed E-state index contributed by atoms with van der Waals surface area (Å²) in [7, 11) is 1.72. The highest BCUT2D eigenvalue weighted by molar-refractivity contribution is 7.22. The van der Waals surface area contributed by atoms with E-state index >= 15 is 0 Å². The fourth-order valence-corrected chi connectivity index (χ4v) is 3.99. The van der Waals surface area contributed by atoms with Crippen LogP contribution < -0.4 is 4.90 Å². The third-order valence-electron chi connectivity index (χ3n) is 4.39. The van der Waals surface area contributed by atoms with Crippen molar-refractivity contribution in [2.75, 3.05) is 18.5 Å². The summed E-state index contributed by atoms with van der Waals surface area (Å²) in [4.78, 5) is 32.8. The molecule has 0 saturated carbocycles. The highest BCUT2D eigenvalue weighted by Crippen LogP contribution is 2.30. The number of para-hydroxylation sites is 1. The second kappa shape index (κ2) is 6.33. The minimum atomic E-state index is -0.348. The molecule has 0 bridgehead atoms. The van der Waals surface area contributed by atoms with Crippen LogP contribution in [0.15, 0.2) is 47.1 Å².